The van der Waals surface area contributed by atoms with Crippen molar-refractivity contribution in [1.82, 2.24) is 5.32 Å². The van der Waals surface area contributed by atoms with Crippen LogP contribution in [0.1, 0.15) is 49.4 Å². The molecule has 1 heterocycles. The molecule has 0 saturated carbocycles. The van der Waals surface area contributed by atoms with E-state index >= 15 is 0 Å². The number of unbranched alkanes of at least 4 members (excludes halogenated alkanes) is 1. The average molecular weight is 255 g/mol. The number of nitrogens with one attached hydrogen (secondary N) is 1. The van der Waals surface area contributed by atoms with Crippen LogP contribution in [0.4, 0.5) is 0 Å². The van der Waals surface area contributed by atoms with Crippen LogP contribution in [-0.4, -0.2) is 19.3 Å². The zero-order valence-corrected chi connectivity index (χ0v) is 12.3. The highest BCUT2D eigenvalue weighted by Crippen LogP contribution is 2.22. The van der Waals surface area contributed by atoms with Crippen molar-refractivity contribution in [3.8, 4) is 0 Å². The minimum absolute atomic E-state index is 0.357. The summed E-state index contributed by atoms with van der Waals surface area (Å²) in [4.78, 5) is 2.82. The van der Waals surface area contributed by atoms with Crippen molar-refractivity contribution < 1.29 is 4.74 Å². The molecule has 1 aromatic rings. The highest BCUT2D eigenvalue weighted by atomic mass is 32.1. The molecule has 0 aliphatic carbocycles. The molecule has 1 aromatic heterocycles. The maximum atomic E-state index is 5.51. The average Bonchev–Trinajstić information content (AvgIpc) is 2.69. The molecule has 0 aliphatic heterocycles. The standard InChI is InChI=1S/C14H25NOS/c1-11(2)16-10-6-5-9-15-13(4)14-8-7-12(3)17-14/h7-8,11,13,15H,5-6,9-10H2,1-4H3. The number of ether oxygens (including phenoxy) is 1. The fourth-order valence-electron chi connectivity index (χ4n) is 1.65. The van der Waals surface area contributed by atoms with Gasteiger partial charge in [0.1, 0.15) is 0 Å². The second kappa shape index (κ2) is 7.85. The molecule has 2 nitrogen and oxygen atoms in total. The van der Waals surface area contributed by atoms with Gasteiger partial charge >= 0.3 is 0 Å². The van der Waals surface area contributed by atoms with E-state index in [0.717, 1.165) is 19.6 Å². The van der Waals surface area contributed by atoms with Crippen LogP contribution in [0.25, 0.3) is 0 Å². The monoisotopic (exact) mass is 255 g/mol. The Morgan fingerprint density at radius 3 is 2.59 bits per heavy atom. The third kappa shape index (κ3) is 6.20. The van der Waals surface area contributed by atoms with E-state index in [9.17, 15) is 0 Å². The smallest absolute Gasteiger partial charge is 0.0518 e. The van der Waals surface area contributed by atoms with Crippen molar-refractivity contribution in [2.24, 2.45) is 0 Å². The predicted octanol–water partition coefficient (Wildman–Crippen LogP) is 3.91. The van der Waals surface area contributed by atoms with Crippen LogP contribution < -0.4 is 5.32 Å². The van der Waals surface area contributed by atoms with Crippen molar-refractivity contribution in [2.75, 3.05) is 13.2 Å². The fourth-order valence-corrected chi connectivity index (χ4v) is 2.56. The van der Waals surface area contributed by atoms with E-state index in [4.69, 9.17) is 4.74 Å². The molecule has 0 radical (unpaired) electrons. The third-order valence-corrected chi connectivity index (χ3v) is 3.84. The van der Waals surface area contributed by atoms with Crippen LogP contribution >= 0.6 is 11.3 Å². The van der Waals surface area contributed by atoms with E-state index in [0.29, 0.717) is 12.1 Å². The maximum Gasteiger partial charge on any atom is 0.0518 e. The van der Waals surface area contributed by atoms with Gasteiger partial charge in [0.15, 0.2) is 0 Å². The van der Waals surface area contributed by atoms with Crippen LogP contribution in [0.3, 0.4) is 0 Å². The molecule has 0 aromatic carbocycles. The van der Waals surface area contributed by atoms with E-state index in [2.05, 4.69) is 45.1 Å². The Balaban J connectivity index is 2.06. The summed E-state index contributed by atoms with van der Waals surface area (Å²) in [6, 6.07) is 4.88. The van der Waals surface area contributed by atoms with Gasteiger partial charge in [-0.2, -0.15) is 0 Å². The molecule has 1 unspecified atom stereocenters. The second-order valence-corrected chi connectivity index (χ2v) is 6.07. The lowest BCUT2D eigenvalue weighted by Gasteiger charge is -2.12. The first-order valence-corrected chi connectivity index (χ1v) is 7.32. The summed E-state index contributed by atoms with van der Waals surface area (Å²) in [6.45, 7) is 10.5. The van der Waals surface area contributed by atoms with Gasteiger partial charge < -0.3 is 10.1 Å². The summed E-state index contributed by atoms with van der Waals surface area (Å²) >= 11 is 1.88. The Kier molecular flexibility index (Phi) is 6.78. The van der Waals surface area contributed by atoms with Gasteiger partial charge in [-0.05, 0) is 59.2 Å². The second-order valence-electron chi connectivity index (χ2n) is 4.75. The Morgan fingerprint density at radius 1 is 1.24 bits per heavy atom. The Labute approximate surface area is 109 Å². The van der Waals surface area contributed by atoms with Gasteiger partial charge in [0.05, 0.1) is 6.10 Å². The molecule has 17 heavy (non-hydrogen) atoms. The van der Waals surface area contributed by atoms with Crippen LogP contribution in [0.5, 0.6) is 0 Å². The third-order valence-electron chi connectivity index (χ3n) is 2.66. The van der Waals surface area contributed by atoms with Crippen LogP contribution in [0.2, 0.25) is 0 Å². The molecular weight excluding hydrogens is 230 g/mol. The molecule has 98 valence electrons. The minimum Gasteiger partial charge on any atom is -0.379 e. The van der Waals surface area contributed by atoms with Crippen molar-refractivity contribution in [3.05, 3.63) is 21.9 Å². The van der Waals surface area contributed by atoms with E-state index in [1.165, 1.54) is 16.2 Å². The summed E-state index contributed by atoms with van der Waals surface area (Å²) in [7, 11) is 0. The van der Waals surface area contributed by atoms with E-state index in [-0.39, 0.29) is 0 Å². The molecule has 0 aliphatic rings. The van der Waals surface area contributed by atoms with Gasteiger partial charge in [0.25, 0.3) is 0 Å². The topological polar surface area (TPSA) is 21.3 Å². The maximum absolute atomic E-state index is 5.51. The fraction of sp³-hybridized carbons (Fsp3) is 0.714. The molecule has 0 saturated heterocycles. The Morgan fingerprint density at radius 2 is 2.00 bits per heavy atom. The Hall–Kier alpha value is -0.380. The van der Waals surface area contributed by atoms with Crippen molar-refractivity contribution in [3.63, 3.8) is 0 Å². The van der Waals surface area contributed by atoms with Gasteiger partial charge in [-0.15, -0.1) is 11.3 Å². The molecule has 1 N–H and O–H groups in total. The molecule has 0 spiro atoms. The lowest BCUT2D eigenvalue weighted by atomic mass is 10.2. The van der Waals surface area contributed by atoms with Crippen molar-refractivity contribution >= 4 is 11.3 Å². The number of thiophene rings is 1. The largest absolute Gasteiger partial charge is 0.379 e. The molecule has 0 bridgehead atoms. The Bertz CT molecular complexity index is 309. The van der Waals surface area contributed by atoms with Crippen LogP contribution in [-0.2, 0) is 4.74 Å². The van der Waals surface area contributed by atoms with Crippen LogP contribution in [0.15, 0.2) is 12.1 Å². The van der Waals surface area contributed by atoms with Gasteiger partial charge in [0.2, 0.25) is 0 Å². The van der Waals surface area contributed by atoms with Gasteiger partial charge in [0, 0.05) is 22.4 Å². The highest BCUT2D eigenvalue weighted by molar-refractivity contribution is 7.12. The zero-order valence-electron chi connectivity index (χ0n) is 11.5. The summed E-state index contributed by atoms with van der Waals surface area (Å²) in [5, 5.41) is 3.56. The summed E-state index contributed by atoms with van der Waals surface area (Å²) in [5.41, 5.74) is 0. The number of hydrogen-bond acceptors (Lipinski definition) is 3. The summed E-state index contributed by atoms with van der Waals surface area (Å²) in [5.74, 6) is 0. The van der Waals surface area contributed by atoms with E-state index < -0.39 is 0 Å². The summed E-state index contributed by atoms with van der Waals surface area (Å²) in [6.07, 6.45) is 2.68. The number of hydrogen-bond donors (Lipinski definition) is 1. The molecule has 1 rings (SSSR count). The molecule has 0 amide bonds. The first-order valence-electron chi connectivity index (χ1n) is 6.51. The first-order chi connectivity index (χ1) is 8.09. The zero-order chi connectivity index (χ0) is 12.7. The van der Waals surface area contributed by atoms with E-state index in [1.807, 2.05) is 11.3 Å². The van der Waals surface area contributed by atoms with Crippen LogP contribution in [0, 0.1) is 6.92 Å². The number of rotatable bonds is 8. The van der Waals surface area contributed by atoms with Gasteiger partial charge in [-0.1, -0.05) is 0 Å². The van der Waals surface area contributed by atoms with Crippen molar-refractivity contribution in [1.29, 1.82) is 0 Å². The van der Waals surface area contributed by atoms with Gasteiger partial charge in [-0.25, -0.2) is 0 Å². The first kappa shape index (κ1) is 14.7. The lowest BCUT2D eigenvalue weighted by Crippen LogP contribution is -2.19. The molecule has 1 atom stereocenters. The molecular formula is C14H25NOS. The lowest BCUT2D eigenvalue weighted by molar-refractivity contribution is 0.0759. The van der Waals surface area contributed by atoms with E-state index in [1.54, 1.807) is 0 Å². The van der Waals surface area contributed by atoms with Crippen molar-refractivity contribution in [2.45, 2.75) is 52.7 Å². The molecule has 0 fully saturated rings. The van der Waals surface area contributed by atoms with Gasteiger partial charge in [-0.3, -0.25) is 0 Å². The summed E-state index contributed by atoms with van der Waals surface area (Å²) < 4.78 is 5.51. The minimum atomic E-state index is 0.357. The number of aryl methyl sites for hydroxylation is 1. The normalized spacial score (nSPS) is 13.2. The highest BCUT2D eigenvalue weighted by Gasteiger charge is 2.06. The SMILES string of the molecule is Cc1ccc(C(C)NCCCCOC(C)C)s1. The quantitative estimate of drug-likeness (QED) is 0.711. The molecule has 3 heteroatoms. The predicted molar refractivity (Wildman–Crippen MR) is 75.8 cm³/mol.